The van der Waals surface area contributed by atoms with Gasteiger partial charge in [0, 0.05) is 20.6 Å². The first kappa shape index (κ1) is 22.4. The van der Waals surface area contributed by atoms with E-state index in [-0.39, 0.29) is 11.3 Å². The largest absolute Gasteiger partial charge is 0.292 e. The smallest absolute Gasteiger partial charge is 0.273 e. The summed E-state index contributed by atoms with van der Waals surface area (Å²) in [4.78, 5) is 52.8. The molecule has 1 fully saturated rings. The van der Waals surface area contributed by atoms with Crippen molar-refractivity contribution in [1.29, 1.82) is 0 Å². The van der Waals surface area contributed by atoms with Crippen LogP contribution in [0.2, 0.25) is 5.02 Å². The van der Waals surface area contributed by atoms with E-state index >= 15 is 0 Å². The average Bonchev–Trinajstić information content (AvgIpc) is 3.02. The maximum Gasteiger partial charge on any atom is 0.273 e. The molecule has 2 aromatic carbocycles. The summed E-state index contributed by atoms with van der Waals surface area (Å²) < 4.78 is 0.806. The summed E-state index contributed by atoms with van der Waals surface area (Å²) in [5.74, 6) is -2.93. The molecule has 4 rings (SSSR count). The number of imide groups is 1. The van der Waals surface area contributed by atoms with Gasteiger partial charge in [0.2, 0.25) is 0 Å². The summed E-state index contributed by atoms with van der Waals surface area (Å²) in [7, 11) is 0. The molecule has 0 radical (unpaired) electrons. The van der Waals surface area contributed by atoms with Crippen LogP contribution in [0.5, 0.6) is 0 Å². The summed E-state index contributed by atoms with van der Waals surface area (Å²) in [6, 6.07) is 12.8. The fraction of sp³-hybridized carbons (Fsp3) is 0.250. The minimum atomic E-state index is -0.614. The number of ketones is 1. The molecule has 1 saturated heterocycles. The van der Waals surface area contributed by atoms with Crippen LogP contribution in [0.15, 0.2) is 64.7 Å². The van der Waals surface area contributed by atoms with Crippen LogP contribution < -0.4 is 0 Å². The van der Waals surface area contributed by atoms with Gasteiger partial charge in [0.05, 0.1) is 11.8 Å². The summed E-state index contributed by atoms with van der Waals surface area (Å²) in [6.07, 6.45) is 2.87. The highest BCUT2D eigenvalue weighted by Gasteiger charge is 2.51. The van der Waals surface area contributed by atoms with Crippen LogP contribution in [-0.2, 0) is 9.59 Å². The molecule has 1 heterocycles. The fourth-order valence-electron chi connectivity index (χ4n) is 4.10. The third kappa shape index (κ3) is 4.27. The Balaban J connectivity index is 1.68. The molecule has 0 unspecified atom stereocenters. The number of amides is 3. The van der Waals surface area contributed by atoms with E-state index in [2.05, 4.69) is 15.9 Å². The van der Waals surface area contributed by atoms with Crippen molar-refractivity contribution in [1.82, 2.24) is 10.0 Å². The number of carbonyl (C=O) groups is 4. The number of carbonyl (C=O) groups excluding carboxylic acids is 4. The minimum absolute atomic E-state index is 0.225. The van der Waals surface area contributed by atoms with Gasteiger partial charge in [0.25, 0.3) is 17.7 Å². The highest BCUT2D eigenvalue weighted by Crippen LogP contribution is 2.38. The number of halogens is 2. The summed E-state index contributed by atoms with van der Waals surface area (Å²) in [5.41, 5.74) is 1.63. The number of Topliss-reactive ketones (excluding diaryl/α,β-unsaturated/α-hetero) is 1. The number of fused-ring (bicyclic) bond motifs is 1. The van der Waals surface area contributed by atoms with Gasteiger partial charge in [-0.1, -0.05) is 51.3 Å². The Kier molecular flexibility index (Phi) is 6.31. The van der Waals surface area contributed by atoms with E-state index in [1.54, 1.807) is 36.4 Å². The average molecular weight is 516 g/mol. The second-order valence-corrected chi connectivity index (χ2v) is 9.34. The maximum absolute atomic E-state index is 13.4. The number of benzene rings is 2. The second kappa shape index (κ2) is 9.00. The zero-order valence-electron chi connectivity index (χ0n) is 17.3. The lowest BCUT2D eigenvalue weighted by atomic mass is 9.82. The zero-order chi connectivity index (χ0) is 23.0. The molecular weight excluding hydrogens is 496 g/mol. The first-order chi connectivity index (χ1) is 15.3. The molecule has 2 aromatic rings. The lowest BCUT2D eigenvalue weighted by Gasteiger charge is -2.30. The van der Waals surface area contributed by atoms with Crippen LogP contribution in [0.3, 0.4) is 0 Å². The Morgan fingerprint density at radius 2 is 1.59 bits per heavy atom. The van der Waals surface area contributed by atoms with Gasteiger partial charge >= 0.3 is 0 Å². The van der Waals surface area contributed by atoms with Crippen molar-refractivity contribution in [3.8, 4) is 0 Å². The van der Waals surface area contributed by atoms with Crippen LogP contribution in [-0.4, -0.2) is 40.1 Å². The van der Waals surface area contributed by atoms with Crippen molar-refractivity contribution < 1.29 is 19.2 Å². The number of hydrogen-bond donors (Lipinski definition) is 0. The quantitative estimate of drug-likeness (QED) is 0.329. The van der Waals surface area contributed by atoms with Gasteiger partial charge in [-0.3, -0.25) is 19.2 Å². The Hall–Kier alpha value is -2.77. The molecule has 164 valence electrons. The van der Waals surface area contributed by atoms with E-state index in [0.29, 0.717) is 23.4 Å². The second-order valence-electron chi connectivity index (χ2n) is 7.99. The van der Waals surface area contributed by atoms with Crippen molar-refractivity contribution in [2.24, 2.45) is 11.8 Å². The van der Waals surface area contributed by atoms with Gasteiger partial charge in [0.15, 0.2) is 5.78 Å². The molecule has 3 amide bonds. The Labute approximate surface area is 198 Å². The molecule has 0 saturated carbocycles. The molecule has 0 N–H and O–H groups in total. The number of hydrazine groups is 1. The predicted molar refractivity (Wildman–Crippen MR) is 123 cm³/mol. The molecular formula is C24H20BrClN2O4. The Bertz CT molecular complexity index is 1130. The minimum Gasteiger partial charge on any atom is -0.292 e. The molecule has 8 heteroatoms. The molecule has 2 aliphatic rings. The van der Waals surface area contributed by atoms with Crippen molar-refractivity contribution in [2.45, 2.75) is 19.8 Å². The highest BCUT2D eigenvalue weighted by molar-refractivity contribution is 9.10. The summed E-state index contributed by atoms with van der Waals surface area (Å²) in [6.45, 7) is 1.48. The number of allylic oxidation sites excluding steroid dienone is 2. The van der Waals surface area contributed by atoms with Gasteiger partial charge < -0.3 is 0 Å². The first-order valence-electron chi connectivity index (χ1n) is 10.2. The van der Waals surface area contributed by atoms with Crippen LogP contribution >= 0.6 is 27.5 Å². The molecule has 0 aromatic heterocycles. The van der Waals surface area contributed by atoms with E-state index in [1.807, 2.05) is 13.0 Å². The van der Waals surface area contributed by atoms with E-state index in [0.717, 1.165) is 20.1 Å². The fourth-order valence-corrected chi connectivity index (χ4v) is 4.49. The van der Waals surface area contributed by atoms with Gasteiger partial charge in [-0.25, -0.2) is 5.01 Å². The first-order valence-corrected chi connectivity index (χ1v) is 11.3. The van der Waals surface area contributed by atoms with E-state index in [4.69, 9.17) is 11.6 Å². The molecule has 32 heavy (non-hydrogen) atoms. The van der Waals surface area contributed by atoms with Gasteiger partial charge in [0.1, 0.15) is 6.54 Å². The van der Waals surface area contributed by atoms with Crippen LogP contribution in [0, 0.1) is 11.8 Å². The SMILES string of the molecule is CC1=CC[C@@H]2C(=O)N(N(CC(=O)c3ccc(Br)cc3)C(=O)c3ccc(Cl)cc3)C(=O)[C@@H]2C1. The topological polar surface area (TPSA) is 74.8 Å². The number of rotatable bonds is 5. The van der Waals surface area contributed by atoms with Gasteiger partial charge in [-0.2, -0.15) is 5.01 Å². The monoisotopic (exact) mass is 514 g/mol. The van der Waals surface area contributed by atoms with Crippen LogP contribution in [0.4, 0.5) is 0 Å². The van der Waals surface area contributed by atoms with Crippen LogP contribution in [0.25, 0.3) is 0 Å². The molecule has 0 spiro atoms. The highest BCUT2D eigenvalue weighted by atomic mass is 79.9. The normalized spacial score (nSPS) is 20.1. The lowest BCUT2D eigenvalue weighted by molar-refractivity contribution is -0.154. The molecule has 2 atom stereocenters. The molecule has 0 bridgehead atoms. The molecule has 1 aliphatic carbocycles. The van der Waals surface area contributed by atoms with E-state index in [1.165, 1.54) is 12.1 Å². The number of nitrogens with zero attached hydrogens (tertiary/aromatic N) is 2. The van der Waals surface area contributed by atoms with Crippen molar-refractivity contribution in [2.75, 3.05) is 6.54 Å². The van der Waals surface area contributed by atoms with Crippen molar-refractivity contribution in [3.05, 3.63) is 80.8 Å². The third-order valence-electron chi connectivity index (χ3n) is 5.83. The van der Waals surface area contributed by atoms with E-state index in [9.17, 15) is 19.2 Å². The predicted octanol–water partition coefficient (Wildman–Crippen LogP) is 4.68. The molecule has 1 aliphatic heterocycles. The zero-order valence-corrected chi connectivity index (χ0v) is 19.6. The number of hydrogen-bond acceptors (Lipinski definition) is 4. The van der Waals surface area contributed by atoms with Crippen LogP contribution in [0.1, 0.15) is 40.5 Å². The van der Waals surface area contributed by atoms with Gasteiger partial charge in [-0.05, 0) is 56.2 Å². The maximum atomic E-state index is 13.4. The van der Waals surface area contributed by atoms with Crippen molar-refractivity contribution in [3.63, 3.8) is 0 Å². The van der Waals surface area contributed by atoms with Gasteiger partial charge in [-0.15, -0.1) is 0 Å². The Morgan fingerprint density at radius 3 is 2.25 bits per heavy atom. The third-order valence-corrected chi connectivity index (χ3v) is 6.61. The molecule has 6 nitrogen and oxygen atoms in total. The summed E-state index contributed by atoms with van der Waals surface area (Å²) >= 11 is 9.26. The van der Waals surface area contributed by atoms with Crippen molar-refractivity contribution >= 4 is 51.0 Å². The standard InChI is InChI=1S/C24H20BrClN2O4/c1-14-2-11-19-20(12-14)24(32)28(23(19)31)27(22(30)16-5-9-18(26)10-6-16)13-21(29)15-3-7-17(25)8-4-15/h2-10,19-20H,11-13H2,1H3/t19-,20+/m0/s1. The summed E-state index contributed by atoms with van der Waals surface area (Å²) in [5, 5.41) is 2.31. The van der Waals surface area contributed by atoms with E-state index < -0.39 is 36.1 Å². The lowest BCUT2D eigenvalue weighted by Crippen LogP contribution is -2.52. The Morgan fingerprint density at radius 1 is 1.00 bits per heavy atom.